The zero-order valence-corrected chi connectivity index (χ0v) is 8.42. The van der Waals surface area contributed by atoms with Crippen LogP contribution >= 0.6 is 0 Å². The number of halogens is 2. The Morgan fingerprint density at radius 1 is 1.53 bits per heavy atom. The van der Waals surface area contributed by atoms with Gasteiger partial charge in [-0.25, -0.2) is 8.78 Å². The minimum absolute atomic E-state index is 0.104. The van der Waals surface area contributed by atoms with Gasteiger partial charge >= 0.3 is 0 Å². The third-order valence-electron chi connectivity index (χ3n) is 2.99. The molecule has 1 aliphatic rings. The summed E-state index contributed by atoms with van der Waals surface area (Å²) in [5, 5.41) is 0. The van der Waals surface area contributed by atoms with Crippen molar-refractivity contribution in [1.82, 2.24) is 4.98 Å². The predicted octanol–water partition coefficient (Wildman–Crippen LogP) is 2.29. The number of nitrogens with two attached hydrogens (primary N) is 1. The molecule has 82 valence electrons. The van der Waals surface area contributed by atoms with Gasteiger partial charge in [-0.05, 0) is 25.3 Å². The molecular weight excluding hydrogens is 198 g/mol. The Morgan fingerprint density at radius 2 is 2.33 bits per heavy atom. The van der Waals surface area contributed by atoms with Crippen LogP contribution in [0.15, 0.2) is 18.5 Å². The average molecular weight is 212 g/mol. The number of pyridine rings is 1. The van der Waals surface area contributed by atoms with Crippen LogP contribution in [0.3, 0.4) is 0 Å². The molecule has 0 aromatic carbocycles. The van der Waals surface area contributed by atoms with Crippen molar-refractivity contribution in [2.45, 2.75) is 37.4 Å². The van der Waals surface area contributed by atoms with Crippen LogP contribution in [0.25, 0.3) is 0 Å². The van der Waals surface area contributed by atoms with Gasteiger partial charge in [0.25, 0.3) is 0 Å². The Morgan fingerprint density at radius 3 is 3.00 bits per heavy atom. The number of alkyl halides is 1. The molecule has 2 N–H and O–H groups in total. The lowest BCUT2D eigenvalue weighted by molar-refractivity contribution is 0.0903. The molecule has 1 saturated carbocycles. The van der Waals surface area contributed by atoms with Crippen LogP contribution in [-0.2, 0) is 5.67 Å². The minimum atomic E-state index is -1.61. The first-order valence-electron chi connectivity index (χ1n) is 5.16. The van der Waals surface area contributed by atoms with Crippen LogP contribution < -0.4 is 5.73 Å². The first kappa shape index (κ1) is 10.5. The molecule has 0 bridgehead atoms. The lowest BCUT2D eigenvalue weighted by atomic mass is 9.79. The molecule has 2 rings (SSSR count). The van der Waals surface area contributed by atoms with Gasteiger partial charge < -0.3 is 5.73 Å². The highest BCUT2D eigenvalue weighted by molar-refractivity contribution is 5.22. The van der Waals surface area contributed by atoms with Crippen molar-refractivity contribution in [3.8, 4) is 0 Å². The molecular formula is C11H14F2N2. The third-order valence-corrected chi connectivity index (χ3v) is 2.99. The van der Waals surface area contributed by atoms with Crippen LogP contribution in [0.2, 0.25) is 0 Å². The lowest BCUT2D eigenvalue weighted by Crippen LogP contribution is -2.36. The molecule has 0 aliphatic heterocycles. The summed E-state index contributed by atoms with van der Waals surface area (Å²) in [5.74, 6) is -0.575. The van der Waals surface area contributed by atoms with E-state index in [4.69, 9.17) is 5.73 Å². The van der Waals surface area contributed by atoms with E-state index in [0.29, 0.717) is 12.8 Å². The third kappa shape index (κ3) is 2.00. The molecule has 1 heterocycles. The second kappa shape index (κ2) is 3.85. The van der Waals surface area contributed by atoms with Crippen molar-refractivity contribution < 1.29 is 8.78 Å². The van der Waals surface area contributed by atoms with Crippen molar-refractivity contribution >= 4 is 0 Å². The quantitative estimate of drug-likeness (QED) is 0.775. The van der Waals surface area contributed by atoms with Crippen molar-refractivity contribution in [2.75, 3.05) is 0 Å². The summed E-state index contributed by atoms with van der Waals surface area (Å²) in [6.45, 7) is 0. The van der Waals surface area contributed by atoms with Crippen molar-refractivity contribution in [2.24, 2.45) is 5.73 Å². The zero-order valence-electron chi connectivity index (χ0n) is 8.42. The second-order valence-corrected chi connectivity index (χ2v) is 4.18. The van der Waals surface area contributed by atoms with Gasteiger partial charge in [-0.2, -0.15) is 0 Å². The van der Waals surface area contributed by atoms with E-state index in [2.05, 4.69) is 4.98 Å². The van der Waals surface area contributed by atoms with E-state index < -0.39 is 11.5 Å². The standard InChI is InChI=1S/C11H14F2N2/c12-10-7-15-5-3-9(10)11(13)4-1-2-8(14)6-11/h3,5,7-8H,1-2,4,6,14H2. The molecule has 2 nitrogen and oxygen atoms in total. The fraction of sp³-hybridized carbons (Fsp3) is 0.545. The summed E-state index contributed by atoms with van der Waals surface area (Å²) in [7, 11) is 0. The summed E-state index contributed by atoms with van der Waals surface area (Å²) in [4.78, 5) is 3.62. The second-order valence-electron chi connectivity index (χ2n) is 4.18. The fourth-order valence-corrected chi connectivity index (χ4v) is 2.25. The van der Waals surface area contributed by atoms with E-state index in [1.165, 1.54) is 12.3 Å². The smallest absolute Gasteiger partial charge is 0.147 e. The molecule has 1 fully saturated rings. The van der Waals surface area contributed by atoms with Crippen LogP contribution in [0.4, 0.5) is 8.78 Å². The van der Waals surface area contributed by atoms with E-state index >= 15 is 0 Å². The largest absolute Gasteiger partial charge is 0.328 e. The van der Waals surface area contributed by atoms with Gasteiger partial charge in [0.2, 0.25) is 0 Å². The van der Waals surface area contributed by atoms with Gasteiger partial charge in [0.1, 0.15) is 11.5 Å². The summed E-state index contributed by atoms with van der Waals surface area (Å²) in [6.07, 6.45) is 4.55. The molecule has 15 heavy (non-hydrogen) atoms. The lowest BCUT2D eigenvalue weighted by Gasteiger charge is -2.33. The van der Waals surface area contributed by atoms with E-state index in [1.807, 2.05) is 0 Å². The van der Waals surface area contributed by atoms with Gasteiger partial charge in [0.05, 0.1) is 6.20 Å². The fourth-order valence-electron chi connectivity index (χ4n) is 2.25. The van der Waals surface area contributed by atoms with Gasteiger partial charge in [-0.15, -0.1) is 0 Å². The number of hydrogen-bond acceptors (Lipinski definition) is 2. The van der Waals surface area contributed by atoms with Gasteiger partial charge in [0, 0.05) is 24.2 Å². The van der Waals surface area contributed by atoms with Crippen LogP contribution in [-0.4, -0.2) is 11.0 Å². The maximum Gasteiger partial charge on any atom is 0.147 e. The van der Waals surface area contributed by atoms with Gasteiger partial charge in [-0.1, -0.05) is 0 Å². The molecule has 1 aromatic rings. The Balaban J connectivity index is 2.32. The molecule has 2 unspecified atom stereocenters. The van der Waals surface area contributed by atoms with Gasteiger partial charge in [-0.3, -0.25) is 4.98 Å². The van der Waals surface area contributed by atoms with Gasteiger partial charge in [0.15, 0.2) is 0 Å². The SMILES string of the molecule is NC1CCCC(F)(c2ccncc2F)C1. The first-order valence-corrected chi connectivity index (χ1v) is 5.16. The monoisotopic (exact) mass is 212 g/mol. The number of nitrogens with zero attached hydrogens (tertiary/aromatic N) is 1. The van der Waals surface area contributed by atoms with Crippen LogP contribution in [0.5, 0.6) is 0 Å². The molecule has 2 atom stereocenters. The van der Waals surface area contributed by atoms with Crippen molar-refractivity contribution in [3.63, 3.8) is 0 Å². The highest BCUT2D eigenvalue weighted by Gasteiger charge is 2.38. The topological polar surface area (TPSA) is 38.9 Å². The van der Waals surface area contributed by atoms with Crippen LogP contribution in [0, 0.1) is 5.82 Å². The molecule has 4 heteroatoms. The Hall–Kier alpha value is -1.03. The maximum absolute atomic E-state index is 14.5. The molecule has 1 aromatic heterocycles. The highest BCUT2D eigenvalue weighted by Crippen LogP contribution is 2.40. The van der Waals surface area contributed by atoms with E-state index in [0.717, 1.165) is 12.6 Å². The van der Waals surface area contributed by atoms with E-state index in [1.54, 1.807) is 0 Å². The molecule has 0 spiro atoms. The Kier molecular flexibility index (Phi) is 2.69. The Bertz CT molecular complexity index is 356. The maximum atomic E-state index is 14.5. The summed E-state index contributed by atoms with van der Waals surface area (Å²) >= 11 is 0. The number of hydrogen-bond donors (Lipinski definition) is 1. The highest BCUT2D eigenvalue weighted by atomic mass is 19.1. The van der Waals surface area contributed by atoms with Crippen LogP contribution in [0.1, 0.15) is 31.2 Å². The van der Waals surface area contributed by atoms with Crippen molar-refractivity contribution in [1.29, 1.82) is 0 Å². The Labute approximate surface area is 87.5 Å². The molecule has 0 radical (unpaired) electrons. The predicted molar refractivity (Wildman–Crippen MR) is 53.4 cm³/mol. The molecule has 0 saturated heterocycles. The minimum Gasteiger partial charge on any atom is -0.328 e. The first-order chi connectivity index (χ1) is 7.12. The number of aromatic nitrogens is 1. The summed E-state index contributed by atoms with van der Waals surface area (Å²) in [5.41, 5.74) is 4.22. The average Bonchev–Trinajstić information content (AvgIpc) is 2.17. The van der Waals surface area contributed by atoms with Crippen molar-refractivity contribution in [3.05, 3.63) is 29.8 Å². The van der Waals surface area contributed by atoms with E-state index in [-0.39, 0.29) is 18.0 Å². The molecule has 1 aliphatic carbocycles. The normalized spacial score (nSPS) is 31.5. The summed E-state index contributed by atoms with van der Waals surface area (Å²) < 4.78 is 27.9. The molecule has 0 amide bonds. The van der Waals surface area contributed by atoms with E-state index in [9.17, 15) is 8.78 Å². The summed E-state index contributed by atoms with van der Waals surface area (Å²) in [6, 6.07) is 1.24. The number of rotatable bonds is 1. The zero-order chi connectivity index (χ0) is 10.9.